The van der Waals surface area contributed by atoms with Crippen LogP contribution in [0.5, 0.6) is 11.6 Å². The lowest BCUT2D eigenvalue weighted by Crippen LogP contribution is -2.48. The Morgan fingerprint density at radius 2 is 1.81 bits per heavy atom. The van der Waals surface area contributed by atoms with Crippen LogP contribution in [-0.4, -0.2) is 97.6 Å². The van der Waals surface area contributed by atoms with Gasteiger partial charge in [-0.05, 0) is 89.2 Å². The van der Waals surface area contributed by atoms with Crippen molar-refractivity contribution in [2.45, 2.75) is 122 Å². The highest BCUT2D eigenvalue weighted by Crippen LogP contribution is 2.57. The van der Waals surface area contributed by atoms with Crippen LogP contribution in [0.3, 0.4) is 0 Å². The summed E-state index contributed by atoms with van der Waals surface area (Å²) in [5, 5.41) is -0.605. The number of esters is 1. The fourth-order valence-corrected chi connectivity index (χ4v) is 9.85. The number of sulfonamides is 1. The lowest BCUT2D eigenvalue weighted by atomic mass is 9.79. The lowest BCUT2D eigenvalue weighted by Gasteiger charge is -2.33. The molecule has 57 heavy (non-hydrogen) atoms. The molecule has 1 N–H and O–H groups in total. The van der Waals surface area contributed by atoms with E-state index < -0.39 is 56.2 Å². The first-order valence-electron chi connectivity index (χ1n) is 20.3. The zero-order valence-corrected chi connectivity index (χ0v) is 35.4. The van der Waals surface area contributed by atoms with E-state index >= 15 is 4.79 Å². The summed E-state index contributed by atoms with van der Waals surface area (Å²) in [6.07, 6.45) is 7.14. The number of methoxy groups -OCH3 is 1. The van der Waals surface area contributed by atoms with Crippen molar-refractivity contribution < 1.29 is 41.8 Å². The van der Waals surface area contributed by atoms with E-state index in [2.05, 4.69) is 11.6 Å². The average Bonchev–Trinajstić information content (AvgIpc) is 4.06. The van der Waals surface area contributed by atoms with Gasteiger partial charge >= 0.3 is 5.97 Å². The van der Waals surface area contributed by atoms with Crippen LogP contribution >= 0.6 is 0 Å². The number of Topliss-reactive ketones (excluding diaryl/α,β-unsaturated/α-hetero) is 1. The summed E-state index contributed by atoms with van der Waals surface area (Å²) in [6, 6.07) is 4.33. The second kappa shape index (κ2) is 16.5. The standard InChI is InChI=1S/C42H59N5O9S/c1-9-26-18-25(2)12-10-11-13-27-22-42(27,40(51)45-57(52,53)30-15-16-30)23-35(48)34-20-29(24-47(34)39(50)31(26)21-36(49)56-41(3,4)5)55-38-37(46(6)7)43-33-19-28(54-8)14-17-32(33)44-38/h11,13-14,17,19,25-27,29-31,34H,9-10,12,15-16,18,20-24H2,1-8H3,(H,45,51)/b13-11-/t25-,26-,27-,29-,31+,34+,42-/m1/s1. The number of hydrogen-bond acceptors (Lipinski definition) is 12. The molecule has 6 rings (SSSR count). The molecule has 2 amide bonds. The molecule has 0 bridgehead atoms. The normalized spacial score (nSPS) is 29.0. The second-order valence-electron chi connectivity index (χ2n) is 17.8. The molecule has 2 aromatic rings. The number of allylic oxidation sites excluding steroid dienone is 2. The fourth-order valence-electron chi connectivity index (χ4n) is 8.47. The molecular formula is C42H59N5O9S. The topological polar surface area (TPSA) is 174 Å². The molecule has 2 saturated carbocycles. The molecule has 2 aliphatic carbocycles. The van der Waals surface area contributed by atoms with Crippen LogP contribution in [0.15, 0.2) is 30.4 Å². The predicted molar refractivity (Wildman–Crippen MR) is 215 cm³/mol. The van der Waals surface area contributed by atoms with Gasteiger partial charge in [0.05, 0.1) is 53.7 Å². The number of ether oxygens (including phenoxy) is 3. The Bertz CT molecular complexity index is 2010. The van der Waals surface area contributed by atoms with E-state index in [9.17, 15) is 22.8 Å². The highest BCUT2D eigenvalue weighted by molar-refractivity contribution is 7.90. The number of fused-ring (bicyclic) bond motifs is 3. The quantitative estimate of drug-likeness (QED) is 0.240. The number of carbonyl (C=O) groups is 4. The molecular weight excluding hydrogens is 751 g/mol. The van der Waals surface area contributed by atoms with Crippen LogP contribution in [0.2, 0.25) is 0 Å². The van der Waals surface area contributed by atoms with Gasteiger partial charge in [-0.15, -0.1) is 0 Å². The number of benzene rings is 1. The van der Waals surface area contributed by atoms with Crippen molar-refractivity contribution in [1.82, 2.24) is 19.6 Å². The minimum atomic E-state index is -3.87. The van der Waals surface area contributed by atoms with Gasteiger partial charge in [-0.3, -0.25) is 23.9 Å². The Morgan fingerprint density at radius 1 is 1.07 bits per heavy atom. The molecule has 1 aromatic carbocycles. The van der Waals surface area contributed by atoms with Gasteiger partial charge in [-0.1, -0.05) is 32.4 Å². The Balaban J connectivity index is 1.38. The Labute approximate surface area is 336 Å². The molecule has 7 atom stereocenters. The molecule has 3 heterocycles. The number of nitrogens with zero attached hydrogens (tertiary/aromatic N) is 4. The van der Waals surface area contributed by atoms with Gasteiger partial charge in [0.2, 0.25) is 21.8 Å². The summed E-state index contributed by atoms with van der Waals surface area (Å²) in [5.74, 6) is -1.64. The first-order valence-corrected chi connectivity index (χ1v) is 21.9. The monoisotopic (exact) mass is 809 g/mol. The molecule has 1 aromatic heterocycles. The minimum Gasteiger partial charge on any atom is -0.497 e. The van der Waals surface area contributed by atoms with Gasteiger partial charge in [0.15, 0.2) is 11.6 Å². The van der Waals surface area contributed by atoms with E-state index in [1.807, 2.05) is 33.2 Å². The molecule has 1 saturated heterocycles. The van der Waals surface area contributed by atoms with Gasteiger partial charge < -0.3 is 24.0 Å². The first-order chi connectivity index (χ1) is 26.8. The highest BCUT2D eigenvalue weighted by Gasteiger charge is 2.61. The van der Waals surface area contributed by atoms with Crippen molar-refractivity contribution in [3.05, 3.63) is 30.4 Å². The van der Waals surface area contributed by atoms with Gasteiger partial charge in [-0.2, -0.15) is 0 Å². The number of anilines is 1. The van der Waals surface area contributed by atoms with Crippen LogP contribution in [0.25, 0.3) is 11.0 Å². The van der Waals surface area contributed by atoms with E-state index in [0.29, 0.717) is 54.7 Å². The molecule has 14 nitrogen and oxygen atoms in total. The van der Waals surface area contributed by atoms with Gasteiger partial charge in [0, 0.05) is 33.0 Å². The highest BCUT2D eigenvalue weighted by atomic mass is 32.2. The SMILES string of the molecule is CC[C@@H]1C[C@H](C)CC/C=C\[C@@H]2C[C@@]2(C(=O)NS(=O)(=O)C2CC2)CC(=O)[C@@H]2C[C@@H](Oc3nc4ccc(OC)cc4nc3N(C)C)CN2C(=O)[C@H]1CC(=O)OC(C)(C)C. The third kappa shape index (κ3) is 9.72. The molecule has 4 aliphatic rings. The number of hydrogen-bond donors (Lipinski definition) is 1. The van der Waals surface area contributed by atoms with E-state index in [1.165, 1.54) is 4.90 Å². The maximum Gasteiger partial charge on any atom is 0.307 e. The van der Waals surface area contributed by atoms with Crippen molar-refractivity contribution in [2.24, 2.45) is 29.1 Å². The summed E-state index contributed by atoms with van der Waals surface area (Å²) in [5.41, 5.74) is -0.860. The van der Waals surface area contributed by atoms with Crippen LogP contribution in [0.1, 0.15) is 98.8 Å². The van der Waals surface area contributed by atoms with Crippen molar-refractivity contribution in [3.8, 4) is 11.6 Å². The third-order valence-electron chi connectivity index (χ3n) is 11.8. The molecule has 15 heteroatoms. The fraction of sp³-hybridized carbons (Fsp3) is 0.667. The molecule has 3 fully saturated rings. The largest absolute Gasteiger partial charge is 0.497 e. The summed E-state index contributed by atoms with van der Waals surface area (Å²) >= 11 is 0. The summed E-state index contributed by atoms with van der Waals surface area (Å²) < 4.78 is 45.9. The minimum absolute atomic E-state index is 0.0276. The molecule has 0 radical (unpaired) electrons. The van der Waals surface area contributed by atoms with E-state index in [1.54, 1.807) is 51.0 Å². The maximum atomic E-state index is 15.1. The zero-order valence-electron chi connectivity index (χ0n) is 34.6. The Morgan fingerprint density at radius 3 is 2.46 bits per heavy atom. The number of amides is 2. The molecule has 0 unspecified atom stereocenters. The smallest absolute Gasteiger partial charge is 0.307 e. The number of rotatable bonds is 10. The van der Waals surface area contributed by atoms with Gasteiger partial charge in [0.1, 0.15) is 17.5 Å². The summed E-state index contributed by atoms with van der Waals surface area (Å²) in [7, 11) is 1.34. The van der Waals surface area contributed by atoms with Crippen LogP contribution in [-0.2, 0) is 33.9 Å². The summed E-state index contributed by atoms with van der Waals surface area (Å²) in [6.45, 7) is 9.54. The summed E-state index contributed by atoms with van der Waals surface area (Å²) in [4.78, 5) is 70.1. The van der Waals surface area contributed by atoms with Crippen molar-refractivity contribution in [3.63, 3.8) is 0 Å². The first kappa shape index (κ1) is 42.3. The van der Waals surface area contributed by atoms with Crippen molar-refractivity contribution >= 4 is 50.4 Å². The van der Waals surface area contributed by atoms with Crippen molar-refractivity contribution in [2.75, 3.05) is 32.6 Å². The molecule has 2 aliphatic heterocycles. The lowest BCUT2D eigenvalue weighted by molar-refractivity contribution is -0.160. The Kier molecular flexibility index (Phi) is 12.3. The number of ketones is 1. The molecule has 312 valence electrons. The van der Waals surface area contributed by atoms with Crippen LogP contribution in [0, 0.1) is 29.1 Å². The van der Waals surface area contributed by atoms with Gasteiger partial charge in [-0.25, -0.2) is 18.4 Å². The number of nitrogens with one attached hydrogen (secondary N) is 1. The number of carbonyl (C=O) groups excluding carboxylic acids is 4. The average molecular weight is 810 g/mol. The van der Waals surface area contributed by atoms with E-state index in [4.69, 9.17) is 24.2 Å². The van der Waals surface area contributed by atoms with E-state index in [0.717, 1.165) is 12.8 Å². The number of aromatic nitrogens is 2. The third-order valence-corrected chi connectivity index (χ3v) is 13.7. The van der Waals surface area contributed by atoms with Crippen molar-refractivity contribution in [1.29, 1.82) is 0 Å². The van der Waals surface area contributed by atoms with Crippen LogP contribution < -0.4 is 19.1 Å². The van der Waals surface area contributed by atoms with E-state index in [-0.39, 0.29) is 61.1 Å². The van der Waals surface area contributed by atoms with Crippen LogP contribution in [0.4, 0.5) is 5.82 Å². The molecule has 0 spiro atoms. The predicted octanol–water partition coefficient (Wildman–Crippen LogP) is 5.38. The Hall–Kier alpha value is -4.27. The zero-order chi connectivity index (χ0) is 41.4. The maximum absolute atomic E-state index is 15.1. The second-order valence-corrected chi connectivity index (χ2v) is 19.7. The van der Waals surface area contributed by atoms with Gasteiger partial charge in [0.25, 0.3) is 5.88 Å².